The first-order chi connectivity index (χ1) is 12.4. The Morgan fingerprint density at radius 1 is 1.19 bits per heavy atom. The summed E-state index contributed by atoms with van der Waals surface area (Å²) in [6.07, 6.45) is 4.71. The molecule has 0 saturated carbocycles. The van der Waals surface area contributed by atoms with Crippen LogP contribution in [-0.2, 0) is 14.8 Å². The van der Waals surface area contributed by atoms with Crippen LogP contribution in [0.4, 0.5) is 5.95 Å². The molecule has 1 N–H and O–H groups in total. The number of carbonyl (C=O) groups is 1. The van der Waals surface area contributed by atoms with Crippen LogP contribution in [-0.4, -0.2) is 37.4 Å². The lowest BCUT2D eigenvalue weighted by atomic mass is 9.98. The number of hydrogen-bond donors (Lipinski definition) is 1. The third-order valence-corrected chi connectivity index (χ3v) is 6.00. The van der Waals surface area contributed by atoms with Gasteiger partial charge < -0.3 is 4.90 Å². The monoisotopic (exact) mass is 374 g/mol. The van der Waals surface area contributed by atoms with Crippen molar-refractivity contribution in [1.29, 1.82) is 0 Å². The molecule has 8 heteroatoms. The number of carbonyl (C=O) groups excluding carboxylic acids is 1. The minimum absolute atomic E-state index is 0.105. The second-order valence-electron chi connectivity index (χ2n) is 6.55. The second kappa shape index (κ2) is 7.41. The summed E-state index contributed by atoms with van der Waals surface area (Å²) in [5, 5.41) is 0. The number of nitrogens with zero attached hydrogens (tertiary/aromatic N) is 3. The third kappa shape index (κ3) is 4.01. The standard InChI is InChI=1S/C18H22N4O3S/c1-13-6-7-16(11-14(13)2)26(24,25)21-17(23)15-5-3-10-22(12-15)18-19-8-4-9-20-18/h4,6-9,11,15H,3,5,10,12H2,1-2H3,(H,21,23). The molecule has 2 aromatic rings. The lowest BCUT2D eigenvalue weighted by Gasteiger charge is -2.31. The molecule has 1 atom stereocenters. The van der Waals surface area contributed by atoms with Crippen LogP contribution in [0.2, 0.25) is 0 Å². The summed E-state index contributed by atoms with van der Waals surface area (Å²) in [6.45, 7) is 4.90. The molecule has 138 valence electrons. The molecule has 26 heavy (non-hydrogen) atoms. The van der Waals surface area contributed by atoms with Gasteiger partial charge in [-0.05, 0) is 56.0 Å². The molecule has 0 bridgehead atoms. The van der Waals surface area contributed by atoms with E-state index in [2.05, 4.69) is 14.7 Å². The Morgan fingerprint density at radius 2 is 1.92 bits per heavy atom. The molecular formula is C18H22N4O3S. The molecule has 3 rings (SSSR count). The van der Waals surface area contributed by atoms with Crippen molar-refractivity contribution in [3.63, 3.8) is 0 Å². The van der Waals surface area contributed by atoms with Gasteiger partial charge in [0.15, 0.2) is 0 Å². The Bertz CT molecular complexity index is 900. The zero-order valence-electron chi connectivity index (χ0n) is 14.8. The van der Waals surface area contributed by atoms with E-state index in [1.807, 2.05) is 18.7 Å². The van der Waals surface area contributed by atoms with Crippen molar-refractivity contribution in [2.45, 2.75) is 31.6 Å². The van der Waals surface area contributed by atoms with Gasteiger partial charge in [0.25, 0.3) is 10.0 Å². The molecule has 2 heterocycles. The first kappa shape index (κ1) is 18.3. The fourth-order valence-electron chi connectivity index (χ4n) is 2.98. The first-order valence-corrected chi connectivity index (χ1v) is 10.0. The summed E-state index contributed by atoms with van der Waals surface area (Å²) in [4.78, 5) is 23.0. The van der Waals surface area contributed by atoms with Crippen LogP contribution in [0.25, 0.3) is 0 Å². The van der Waals surface area contributed by atoms with Crippen molar-refractivity contribution in [3.05, 3.63) is 47.8 Å². The van der Waals surface area contributed by atoms with Crippen molar-refractivity contribution in [2.75, 3.05) is 18.0 Å². The van der Waals surface area contributed by atoms with E-state index in [4.69, 9.17) is 0 Å². The number of sulfonamides is 1. The Labute approximate surface area is 153 Å². The van der Waals surface area contributed by atoms with Gasteiger partial charge in [0.05, 0.1) is 10.8 Å². The minimum atomic E-state index is -3.88. The fraction of sp³-hybridized carbons (Fsp3) is 0.389. The van der Waals surface area contributed by atoms with Gasteiger partial charge >= 0.3 is 0 Å². The largest absolute Gasteiger partial charge is 0.340 e. The highest BCUT2D eigenvalue weighted by Crippen LogP contribution is 2.21. The van der Waals surface area contributed by atoms with Crippen molar-refractivity contribution >= 4 is 21.9 Å². The predicted molar refractivity (Wildman–Crippen MR) is 98.2 cm³/mol. The average molecular weight is 374 g/mol. The number of piperidine rings is 1. The highest BCUT2D eigenvalue weighted by Gasteiger charge is 2.30. The van der Waals surface area contributed by atoms with Crippen LogP contribution in [0.5, 0.6) is 0 Å². The number of benzene rings is 1. The number of nitrogens with one attached hydrogen (secondary N) is 1. The zero-order valence-corrected chi connectivity index (χ0v) is 15.7. The van der Waals surface area contributed by atoms with Crippen molar-refractivity contribution in [1.82, 2.24) is 14.7 Å². The summed E-state index contributed by atoms with van der Waals surface area (Å²) < 4.78 is 27.3. The van der Waals surface area contributed by atoms with Crippen LogP contribution in [0.15, 0.2) is 41.6 Å². The number of aryl methyl sites for hydroxylation is 2. The van der Waals surface area contributed by atoms with Crippen LogP contribution >= 0.6 is 0 Å². The number of anilines is 1. The van der Waals surface area contributed by atoms with Gasteiger partial charge in [0, 0.05) is 25.5 Å². The summed E-state index contributed by atoms with van der Waals surface area (Å²) in [6, 6.07) is 6.57. The molecule has 7 nitrogen and oxygen atoms in total. The molecule has 0 radical (unpaired) electrons. The van der Waals surface area contributed by atoms with E-state index in [0.29, 0.717) is 18.9 Å². The molecule has 1 amide bonds. The number of amides is 1. The van der Waals surface area contributed by atoms with E-state index in [1.165, 1.54) is 6.07 Å². The molecule has 1 aliphatic rings. The van der Waals surface area contributed by atoms with E-state index in [9.17, 15) is 13.2 Å². The molecule has 0 spiro atoms. The lowest BCUT2D eigenvalue weighted by molar-refractivity contribution is -0.123. The Kier molecular flexibility index (Phi) is 5.22. The second-order valence-corrected chi connectivity index (χ2v) is 8.23. The van der Waals surface area contributed by atoms with Crippen molar-refractivity contribution in [3.8, 4) is 0 Å². The maximum atomic E-state index is 12.6. The van der Waals surface area contributed by atoms with Gasteiger partial charge in [-0.1, -0.05) is 6.07 Å². The summed E-state index contributed by atoms with van der Waals surface area (Å²) >= 11 is 0. The highest BCUT2D eigenvalue weighted by atomic mass is 32.2. The first-order valence-electron chi connectivity index (χ1n) is 8.53. The number of rotatable bonds is 4. The van der Waals surface area contributed by atoms with Gasteiger partial charge in [-0.3, -0.25) is 4.79 Å². The van der Waals surface area contributed by atoms with E-state index in [0.717, 1.165) is 24.1 Å². The van der Waals surface area contributed by atoms with Crippen LogP contribution in [0.3, 0.4) is 0 Å². The lowest BCUT2D eigenvalue weighted by Crippen LogP contribution is -2.45. The molecule has 1 aromatic carbocycles. The SMILES string of the molecule is Cc1ccc(S(=O)(=O)NC(=O)C2CCCN(c3ncccn3)C2)cc1C. The van der Waals surface area contributed by atoms with Crippen LogP contribution in [0.1, 0.15) is 24.0 Å². The number of hydrogen-bond acceptors (Lipinski definition) is 6. The summed E-state index contributed by atoms with van der Waals surface area (Å²) in [7, 11) is -3.88. The van der Waals surface area contributed by atoms with E-state index < -0.39 is 21.8 Å². The summed E-state index contributed by atoms with van der Waals surface area (Å²) in [5.74, 6) is -0.347. The average Bonchev–Trinajstić information content (AvgIpc) is 2.64. The highest BCUT2D eigenvalue weighted by molar-refractivity contribution is 7.90. The number of aromatic nitrogens is 2. The van der Waals surface area contributed by atoms with Crippen LogP contribution < -0.4 is 9.62 Å². The zero-order chi connectivity index (χ0) is 18.7. The van der Waals surface area contributed by atoms with Gasteiger partial charge in [0.2, 0.25) is 11.9 Å². The molecule has 1 unspecified atom stereocenters. The van der Waals surface area contributed by atoms with Crippen LogP contribution in [0, 0.1) is 19.8 Å². The third-order valence-electron chi connectivity index (χ3n) is 4.65. The minimum Gasteiger partial charge on any atom is -0.340 e. The van der Waals surface area contributed by atoms with Gasteiger partial charge in [0.1, 0.15) is 0 Å². The van der Waals surface area contributed by atoms with Gasteiger partial charge in [-0.15, -0.1) is 0 Å². The quantitative estimate of drug-likeness (QED) is 0.877. The molecule has 1 aliphatic heterocycles. The molecule has 0 aliphatic carbocycles. The van der Waals surface area contributed by atoms with Crippen molar-refractivity contribution in [2.24, 2.45) is 5.92 Å². The Hall–Kier alpha value is -2.48. The maximum Gasteiger partial charge on any atom is 0.264 e. The Balaban J connectivity index is 1.71. The normalized spacial score (nSPS) is 17.8. The predicted octanol–water partition coefficient (Wildman–Crippen LogP) is 1.81. The van der Waals surface area contributed by atoms with E-state index in [-0.39, 0.29) is 4.90 Å². The maximum absolute atomic E-state index is 12.6. The van der Waals surface area contributed by atoms with E-state index in [1.54, 1.807) is 30.6 Å². The molecular weight excluding hydrogens is 352 g/mol. The molecule has 1 fully saturated rings. The van der Waals surface area contributed by atoms with Gasteiger partial charge in [-0.2, -0.15) is 0 Å². The molecule has 1 aromatic heterocycles. The topological polar surface area (TPSA) is 92.3 Å². The van der Waals surface area contributed by atoms with Crippen molar-refractivity contribution < 1.29 is 13.2 Å². The van der Waals surface area contributed by atoms with E-state index >= 15 is 0 Å². The Morgan fingerprint density at radius 3 is 2.62 bits per heavy atom. The summed E-state index contributed by atoms with van der Waals surface area (Å²) in [5.41, 5.74) is 1.87. The van der Waals surface area contributed by atoms with Gasteiger partial charge in [-0.25, -0.2) is 23.1 Å². The molecule has 1 saturated heterocycles. The fourth-order valence-corrected chi connectivity index (χ4v) is 4.11. The smallest absolute Gasteiger partial charge is 0.264 e.